The predicted molar refractivity (Wildman–Crippen MR) is 100 cm³/mol. The summed E-state index contributed by atoms with van der Waals surface area (Å²) in [5, 5.41) is 3.21. The number of aromatic nitrogens is 1. The third kappa shape index (κ3) is 5.22. The Morgan fingerprint density at radius 3 is 2.76 bits per heavy atom. The van der Waals surface area contributed by atoms with E-state index in [1.807, 2.05) is 26.8 Å². The van der Waals surface area contributed by atoms with Crippen molar-refractivity contribution in [1.82, 2.24) is 4.98 Å². The van der Waals surface area contributed by atoms with Gasteiger partial charge < -0.3 is 14.8 Å². The molecular weight excluding hydrogens is 340 g/mol. The molecule has 0 radical (unpaired) electrons. The van der Waals surface area contributed by atoms with Crippen LogP contribution in [0.2, 0.25) is 5.02 Å². The first kappa shape index (κ1) is 18.8. The molecule has 1 amide bonds. The van der Waals surface area contributed by atoms with E-state index in [0.29, 0.717) is 22.2 Å². The van der Waals surface area contributed by atoms with Crippen LogP contribution in [-0.4, -0.2) is 24.1 Å². The van der Waals surface area contributed by atoms with Crippen molar-refractivity contribution in [1.29, 1.82) is 0 Å². The molecule has 0 unspecified atom stereocenters. The lowest BCUT2D eigenvalue weighted by Gasteiger charge is -2.15. The summed E-state index contributed by atoms with van der Waals surface area (Å²) in [6, 6.07) is 5.32. The van der Waals surface area contributed by atoms with Crippen molar-refractivity contribution in [3.05, 3.63) is 52.8 Å². The van der Waals surface area contributed by atoms with Gasteiger partial charge in [-0.3, -0.25) is 9.78 Å². The molecule has 0 saturated carbocycles. The number of pyridine rings is 1. The number of ether oxygens (including phenoxy) is 2. The lowest BCUT2D eigenvalue weighted by atomic mass is 10.1. The molecule has 0 aliphatic heterocycles. The summed E-state index contributed by atoms with van der Waals surface area (Å²) in [4.78, 5) is 16.1. The monoisotopic (exact) mass is 360 g/mol. The SMILES string of the molecule is COc1cc(C=CC(=O)Nc2cnccc2C)cc(Cl)c1OC(C)C. The summed E-state index contributed by atoms with van der Waals surface area (Å²) in [6.45, 7) is 5.72. The van der Waals surface area contributed by atoms with Gasteiger partial charge in [-0.15, -0.1) is 0 Å². The Kier molecular flexibility index (Phi) is 6.42. The maximum absolute atomic E-state index is 12.1. The van der Waals surface area contributed by atoms with Crippen molar-refractivity contribution in [2.24, 2.45) is 0 Å². The van der Waals surface area contributed by atoms with Gasteiger partial charge in [0.1, 0.15) is 0 Å². The van der Waals surface area contributed by atoms with Gasteiger partial charge in [0.15, 0.2) is 11.5 Å². The molecule has 0 aliphatic rings. The molecule has 1 heterocycles. The van der Waals surface area contributed by atoms with Crippen LogP contribution in [0.3, 0.4) is 0 Å². The van der Waals surface area contributed by atoms with Crippen LogP contribution in [0.4, 0.5) is 5.69 Å². The zero-order chi connectivity index (χ0) is 18.4. The highest BCUT2D eigenvalue weighted by molar-refractivity contribution is 6.32. The number of halogens is 1. The van der Waals surface area contributed by atoms with E-state index in [4.69, 9.17) is 21.1 Å². The molecule has 2 aromatic rings. The van der Waals surface area contributed by atoms with E-state index < -0.39 is 0 Å². The minimum absolute atomic E-state index is 0.0266. The second-order valence-corrected chi connectivity index (χ2v) is 6.12. The van der Waals surface area contributed by atoms with Gasteiger partial charge in [0, 0.05) is 12.3 Å². The van der Waals surface area contributed by atoms with E-state index in [1.165, 1.54) is 6.08 Å². The smallest absolute Gasteiger partial charge is 0.248 e. The van der Waals surface area contributed by atoms with Crippen molar-refractivity contribution in [3.8, 4) is 11.5 Å². The first-order chi connectivity index (χ1) is 11.9. The van der Waals surface area contributed by atoms with Crippen LogP contribution in [0.15, 0.2) is 36.7 Å². The topological polar surface area (TPSA) is 60.5 Å². The number of hydrogen-bond donors (Lipinski definition) is 1. The fourth-order valence-corrected chi connectivity index (χ4v) is 2.39. The van der Waals surface area contributed by atoms with Crippen LogP contribution in [0.5, 0.6) is 11.5 Å². The Hall–Kier alpha value is -2.53. The first-order valence-electron chi connectivity index (χ1n) is 7.84. The molecule has 0 bridgehead atoms. The van der Waals surface area contributed by atoms with E-state index in [9.17, 15) is 4.79 Å². The van der Waals surface area contributed by atoms with Gasteiger partial charge in [-0.25, -0.2) is 0 Å². The number of aryl methyl sites for hydroxylation is 1. The number of methoxy groups -OCH3 is 1. The third-order valence-electron chi connectivity index (χ3n) is 3.33. The summed E-state index contributed by atoms with van der Waals surface area (Å²) >= 11 is 6.28. The van der Waals surface area contributed by atoms with Crippen molar-refractivity contribution in [2.45, 2.75) is 26.9 Å². The average molecular weight is 361 g/mol. The number of nitrogens with zero attached hydrogens (tertiary/aromatic N) is 1. The molecule has 132 valence electrons. The van der Waals surface area contributed by atoms with Crippen LogP contribution >= 0.6 is 11.6 Å². The third-order valence-corrected chi connectivity index (χ3v) is 3.61. The summed E-state index contributed by atoms with van der Waals surface area (Å²) in [7, 11) is 1.55. The Labute approximate surface area is 152 Å². The average Bonchev–Trinajstić information content (AvgIpc) is 2.56. The molecule has 2 rings (SSSR count). The van der Waals surface area contributed by atoms with Crippen molar-refractivity contribution >= 4 is 29.3 Å². The highest BCUT2D eigenvalue weighted by atomic mass is 35.5. The molecule has 1 aromatic carbocycles. The minimum Gasteiger partial charge on any atom is -0.493 e. The van der Waals surface area contributed by atoms with E-state index in [-0.39, 0.29) is 12.0 Å². The van der Waals surface area contributed by atoms with Gasteiger partial charge in [-0.05, 0) is 56.2 Å². The van der Waals surface area contributed by atoms with Crippen LogP contribution < -0.4 is 14.8 Å². The molecule has 6 heteroatoms. The molecule has 0 spiro atoms. The summed E-state index contributed by atoms with van der Waals surface area (Å²) in [6.07, 6.45) is 6.35. The number of benzene rings is 1. The molecule has 1 aromatic heterocycles. The fraction of sp³-hybridized carbons (Fsp3) is 0.263. The molecule has 25 heavy (non-hydrogen) atoms. The number of amides is 1. The fourth-order valence-electron chi connectivity index (χ4n) is 2.13. The van der Waals surface area contributed by atoms with Crippen molar-refractivity contribution in [3.63, 3.8) is 0 Å². The Balaban J connectivity index is 2.16. The summed E-state index contributed by atoms with van der Waals surface area (Å²) < 4.78 is 11.0. The summed E-state index contributed by atoms with van der Waals surface area (Å²) in [5.41, 5.74) is 2.35. The largest absolute Gasteiger partial charge is 0.493 e. The Morgan fingerprint density at radius 2 is 2.12 bits per heavy atom. The normalized spacial score (nSPS) is 11.0. The minimum atomic E-state index is -0.256. The van der Waals surface area contributed by atoms with Gasteiger partial charge in [0.05, 0.1) is 30.1 Å². The lowest BCUT2D eigenvalue weighted by Crippen LogP contribution is -2.09. The van der Waals surface area contributed by atoms with Gasteiger partial charge in [0.2, 0.25) is 5.91 Å². The Bertz CT molecular complexity index is 788. The second kappa shape index (κ2) is 8.53. The molecule has 0 fully saturated rings. The van der Waals surface area contributed by atoms with Crippen LogP contribution in [0, 0.1) is 6.92 Å². The Morgan fingerprint density at radius 1 is 1.36 bits per heavy atom. The van der Waals surface area contributed by atoms with Gasteiger partial charge in [-0.1, -0.05) is 11.6 Å². The maximum Gasteiger partial charge on any atom is 0.248 e. The number of carbonyl (C=O) groups excluding carboxylic acids is 1. The number of anilines is 1. The predicted octanol–water partition coefficient (Wildman–Crippen LogP) is 4.49. The van der Waals surface area contributed by atoms with Gasteiger partial charge in [0.25, 0.3) is 0 Å². The number of carbonyl (C=O) groups is 1. The molecular formula is C19H21ClN2O3. The highest BCUT2D eigenvalue weighted by Gasteiger charge is 2.12. The van der Waals surface area contributed by atoms with Crippen molar-refractivity contribution in [2.75, 3.05) is 12.4 Å². The lowest BCUT2D eigenvalue weighted by molar-refractivity contribution is -0.111. The molecule has 0 saturated heterocycles. The van der Waals surface area contributed by atoms with Crippen LogP contribution in [0.1, 0.15) is 25.0 Å². The molecule has 0 atom stereocenters. The maximum atomic E-state index is 12.1. The van der Waals surface area contributed by atoms with E-state index in [0.717, 1.165) is 11.1 Å². The summed E-state index contributed by atoms with van der Waals surface area (Å²) in [5.74, 6) is 0.754. The zero-order valence-electron chi connectivity index (χ0n) is 14.7. The molecule has 0 aliphatic carbocycles. The number of hydrogen-bond acceptors (Lipinski definition) is 4. The van der Waals surface area contributed by atoms with E-state index in [2.05, 4.69) is 10.3 Å². The quantitative estimate of drug-likeness (QED) is 0.771. The van der Waals surface area contributed by atoms with Crippen LogP contribution in [0.25, 0.3) is 6.08 Å². The number of nitrogens with one attached hydrogen (secondary N) is 1. The second-order valence-electron chi connectivity index (χ2n) is 5.71. The van der Waals surface area contributed by atoms with Gasteiger partial charge >= 0.3 is 0 Å². The number of rotatable bonds is 6. The first-order valence-corrected chi connectivity index (χ1v) is 8.22. The van der Waals surface area contributed by atoms with E-state index in [1.54, 1.807) is 37.7 Å². The highest BCUT2D eigenvalue weighted by Crippen LogP contribution is 2.37. The molecule has 5 nitrogen and oxygen atoms in total. The van der Waals surface area contributed by atoms with Crippen molar-refractivity contribution < 1.29 is 14.3 Å². The zero-order valence-corrected chi connectivity index (χ0v) is 15.4. The van der Waals surface area contributed by atoms with Crippen LogP contribution in [-0.2, 0) is 4.79 Å². The standard InChI is InChI=1S/C19H21ClN2O3/c1-12(2)25-19-15(20)9-14(10-17(19)24-4)5-6-18(23)22-16-11-21-8-7-13(16)3/h5-12H,1-4H3,(H,22,23). The van der Waals surface area contributed by atoms with Gasteiger partial charge in [-0.2, -0.15) is 0 Å². The van der Waals surface area contributed by atoms with E-state index >= 15 is 0 Å². The molecule has 1 N–H and O–H groups in total.